The van der Waals surface area contributed by atoms with Crippen LogP contribution in [0.1, 0.15) is 12.8 Å². The molecule has 0 aromatic heterocycles. The number of rotatable bonds is 8. The van der Waals surface area contributed by atoms with Crippen LogP contribution >= 0.6 is 0 Å². The summed E-state index contributed by atoms with van der Waals surface area (Å²) in [6, 6.07) is 48.7. The van der Waals surface area contributed by atoms with E-state index in [-0.39, 0.29) is 0 Å². The molecule has 0 saturated heterocycles. The minimum Gasteiger partial charge on any atom is -0.356 e. The van der Waals surface area contributed by atoms with E-state index in [1.54, 1.807) is 0 Å². The molecule has 0 saturated carbocycles. The lowest BCUT2D eigenvalue weighted by molar-refractivity contribution is 0.997. The second-order valence-corrected chi connectivity index (χ2v) is 9.50. The number of hydrogen-bond donors (Lipinski definition) is 1. The van der Waals surface area contributed by atoms with Gasteiger partial charge < -0.3 is 15.1 Å². The van der Waals surface area contributed by atoms with Gasteiger partial charge in [-0.15, -0.1) is 0 Å². The molecule has 1 N–H and O–H groups in total. The van der Waals surface area contributed by atoms with E-state index in [2.05, 4.69) is 161 Å². The molecule has 3 heteroatoms. The molecule has 1 aliphatic rings. The van der Waals surface area contributed by atoms with Crippen LogP contribution in [-0.4, -0.2) is 0 Å². The van der Waals surface area contributed by atoms with Crippen molar-refractivity contribution in [3.63, 3.8) is 0 Å². The molecule has 0 amide bonds. The van der Waals surface area contributed by atoms with Crippen LogP contribution in [0.25, 0.3) is 0 Å². The SMILES string of the molecule is C1=CC(N(c2ccccc2)c2ccc(Nc3ccc(N(c4ccccc4)c4ccccc4)cc3)cc2)=CCC1. The minimum atomic E-state index is 1.05. The van der Waals surface area contributed by atoms with Crippen LogP contribution < -0.4 is 15.1 Å². The third kappa shape index (κ3) is 5.63. The van der Waals surface area contributed by atoms with Crippen molar-refractivity contribution in [2.75, 3.05) is 15.1 Å². The molecule has 6 rings (SSSR count). The Labute approximate surface area is 231 Å². The molecule has 190 valence electrons. The summed E-state index contributed by atoms with van der Waals surface area (Å²) in [6.07, 6.45) is 8.95. The van der Waals surface area contributed by atoms with Gasteiger partial charge in [-0.25, -0.2) is 0 Å². The highest BCUT2D eigenvalue weighted by molar-refractivity contribution is 5.78. The van der Waals surface area contributed by atoms with Gasteiger partial charge in [0.05, 0.1) is 0 Å². The highest BCUT2D eigenvalue weighted by atomic mass is 15.1. The van der Waals surface area contributed by atoms with Crippen LogP contribution in [0.3, 0.4) is 0 Å². The quantitative estimate of drug-likeness (QED) is 0.226. The molecule has 0 bridgehead atoms. The summed E-state index contributed by atoms with van der Waals surface area (Å²) in [5.74, 6) is 0. The zero-order chi connectivity index (χ0) is 26.3. The van der Waals surface area contributed by atoms with E-state index >= 15 is 0 Å². The van der Waals surface area contributed by atoms with Gasteiger partial charge in [0, 0.05) is 45.5 Å². The van der Waals surface area contributed by atoms with E-state index in [4.69, 9.17) is 0 Å². The Bertz CT molecular complexity index is 1500. The van der Waals surface area contributed by atoms with E-state index in [0.29, 0.717) is 0 Å². The molecule has 0 aliphatic heterocycles. The second-order valence-electron chi connectivity index (χ2n) is 9.50. The monoisotopic (exact) mass is 505 g/mol. The first-order valence-corrected chi connectivity index (χ1v) is 13.4. The maximum Gasteiger partial charge on any atom is 0.0463 e. The molecule has 5 aromatic carbocycles. The Balaban J connectivity index is 1.23. The van der Waals surface area contributed by atoms with Gasteiger partial charge in [0.1, 0.15) is 0 Å². The first kappa shape index (κ1) is 24.3. The summed E-state index contributed by atoms with van der Waals surface area (Å²) < 4.78 is 0. The van der Waals surface area contributed by atoms with Crippen molar-refractivity contribution in [3.8, 4) is 0 Å². The summed E-state index contributed by atoms with van der Waals surface area (Å²) in [7, 11) is 0. The third-order valence-electron chi connectivity index (χ3n) is 6.82. The lowest BCUT2D eigenvalue weighted by atomic mass is 10.1. The molecular formula is C36H31N3. The van der Waals surface area contributed by atoms with E-state index in [1.807, 2.05) is 12.1 Å². The maximum atomic E-state index is 3.57. The number of hydrogen-bond acceptors (Lipinski definition) is 3. The van der Waals surface area contributed by atoms with Crippen molar-refractivity contribution in [2.24, 2.45) is 0 Å². The van der Waals surface area contributed by atoms with Crippen molar-refractivity contribution in [3.05, 3.63) is 163 Å². The summed E-state index contributed by atoms with van der Waals surface area (Å²) in [4.78, 5) is 4.58. The Kier molecular flexibility index (Phi) is 7.22. The average molecular weight is 506 g/mol. The van der Waals surface area contributed by atoms with E-state index in [0.717, 1.165) is 52.7 Å². The van der Waals surface area contributed by atoms with Crippen LogP contribution in [0.15, 0.2) is 163 Å². The van der Waals surface area contributed by atoms with Crippen LogP contribution in [-0.2, 0) is 0 Å². The van der Waals surface area contributed by atoms with Gasteiger partial charge in [-0.2, -0.15) is 0 Å². The smallest absolute Gasteiger partial charge is 0.0463 e. The molecule has 0 heterocycles. The molecule has 0 spiro atoms. The van der Waals surface area contributed by atoms with E-state index in [9.17, 15) is 0 Å². The summed E-state index contributed by atoms with van der Waals surface area (Å²) in [5.41, 5.74) is 8.98. The highest BCUT2D eigenvalue weighted by Crippen LogP contribution is 2.36. The van der Waals surface area contributed by atoms with Gasteiger partial charge in [-0.05, 0) is 104 Å². The van der Waals surface area contributed by atoms with Gasteiger partial charge in [-0.3, -0.25) is 0 Å². The Morgan fingerprint density at radius 1 is 0.410 bits per heavy atom. The summed E-state index contributed by atoms with van der Waals surface area (Å²) >= 11 is 0. The highest BCUT2D eigenvalue weighted by Gasteiger charge is 2.14. The Hall–Kier alpha value is -5.02. The molecular weight excluding hydrogens is 474 g/mol. The largest absolute Gasteiger partial charge is 0.356 e. The van der Waals surface area contributed by atoms with Crippen LogP contribution in [0.5, 0.6) is 0 Å². The Morgan fingerprint density at radius 3 is 1.26 bits per heavy atom. The number of para-hydroxylation sites is 3. The first-order valence-electron chi connectivity index (χ1n) is 13.4. The zero-order valence-electron chi connectivity index (χ0n) is 21.8. The van der Waals surface area contributed by atoms with Crippen molar-refractivity contribution >= 4 is 39.8 Å². The molecule has 5 aromatic rings. The number of nitrogens with one attached hydrogen (secondary N) is 1. The molecule has 0 radical (unpaired) electrons. The van der Waals surface area contributed by atoms with Crippen molar-refractivity contribution < 1.29 is 0 Å². The van der Waals surface area contributed by atoms with Gasteiger partial charge in [-0.1, -0.05) is 66.7 Å². The van der Waals surface area contributed by atoms with Gasteiger partial charge in [0.2, 0.25) is 0 Å². The van der Waals surface area contributed by atoms with Crippen molar-refractivity contribution in [2.45, 2.75) is 12.8 Å². The number of nitrogens with zero attached hydrogens (tertiary/aromatic N) is 2. The normalized spacial score (nSPS) is 12.5. The fraction of sp³-hybridized carbons (Fsp3) is 0.0556. The third-order valence-corrected chi connectivity index (χ3v) is 6.82. The summed E-state index contributed by atoms with van der Waals surface area (Å²) in [6.45, 7) is 0. The molecule has 39 heavy (non-hydrogen) atoms. The lowest BCUT2D eigenvalue weighted by Crippen LogP contribution is -2.16. The van der Waals surface area contributed by atoms with Gasteiger partial charge >= 0.3 is 0 Å². The molecule has 0 fully saturated rings. The van der Waals surface area contributed by atoms with E-state index < -0.39 is 0 Å². The van der Waals surface area contributed by atoms with Gasteiger partial charge in [0.25, 0.3) is 0 Å². The number of benzene rings is 5. The average Bonchev–Trinajstić information content (AvgIpc) is 3.01. The number of anilines is 7. The predicted molar refractivity (Wildman–Crippen MR) is 166 cm³/mol. The molecule has 1 aliphatic carbocycles. The molecule has 0 atom stereocenters. The van der Waals surface area contributed by atoms with Crippen LogP contribution in [0.4, 0.5) is 39.8 Å². The standard InChI is InChI=1S/C36H31N3/c1-5-13-31(14-6-1)38(32-15-7-2-8-16-32)35-25-21-29(22-26-35)37-30-23-27-36(28-24-30)39(33-17-9-3-10-18-33)34-19-11-4-12-20-34/h1-3,5-11,13-28,37H,4,12H2. The topological polar surface area (TPSA) is 18.5 Å². The number of allylic oxidation sites excluding steroid dienone is 3. The van der Waals surface area contributed by atoms with Crippen molar-refractivity contribution in [1.29, 1.82) is 0 Å². The van der Waals surface area contributed by atoms with Crippen molar-refractivity contribution in [1.82, 2.24) is 0 Å². The van der Waals surface area contributed by atoms with Gasteiger partial charge in [0.15, 0.2) is 0 Å². The minimum absolute atomic E-state index is 1.05. The van der Waals surface area contributed by atoms with Crippen LogP contribution in [0.2, 0.25) is 0 Å². The molecule has 3 nitrogen and oxygen atoms in total. The first-order chi connectivity index (χ1) is 19.3. The maximum absolute atomic E-state index is 3.57. The van der Waals surface area contributed by atoms with E-state index in [1.165, 1.54) is 5.70 Å². The Morgan fingerprint density at radius 2 is 0.821 bits per heavy atom. The fourth-order valence-corrected chi connectivity index (χ4v) is 4.95. The van der Waals surface area contributed by atoms with Crippen LogP contribution in [0, 0.1) is 0 Å². The fourth-order valence-electron chi connectivity index (χ4n) is 4.95. The zero-order valence-corrected chi connectivity index (χ0v) is 21.8. The second kappa shape index (κ2) is 11.6. The summed E-state index contributed by atoms with van der Waals surface area (Å²) in [5, 5.41) is 3.57. The lowest BCUT2D eigenvalue weighted by Gasteiger charge is -2.27. The predicted octanol–water partition coefficient (Wildman–Crippen LogP) is 10.3. The molecule has 0 unspecified atom stereocenters.